The van der Waals surface area contributed by atoms with E-state index in [1.807, 2.05) is 18.3 Å². The molecule has 1 heterocycles. The highest BCUT2D eigenvalue weighted by Gasteiger charge is 2.22. The summed E-state index contributed by atoms with van der Waals surface area (Å²) in [4.78, 5) is 9.23. The number of fused-ring (bicyclic) bond motifs is 1. The van der Waals surface area contributed by atoms with E-state index in [0.717, 1.165) is 37.1 Å². The molecule has 5 heteroatoms. The zero-order chi connectivity index (χ0) is 14.8. The van der Waals surface area contributed by atoms with E-state index >= 15 is 0 Å². The van der Waals surface area contributed by atoms with Crippen molar-refractivity contribution in [3.63, 3.8) is 0 Å². The lowest BCUT2D eigenvalue weighted by molar-refractivity contribution is 0.464. The van der Waals surface area contributed by atoms with Gasteiger partial charge in [0.05, 0.1) is 5.02 Å². The number of hydrogen-bond acceptors (Lipinski definition) is 3. The van der Waals surface area contributed by atoms with Gasteiger partial charge < -0.3 is 5.32 Å². The predicted octanol–water partition coefficient (Wildman–Crippen LogP) is 4.44. The highest BCUT2D eigenvalue weighted by molar-refractivity contribution is 6.36. The molecule has 0 spiro atoms. The molecule has 1 aromatic heterocycles. The van der Waals surface area contributed by atoms with E-state index in [0.29, 0.717) is 21.9 Å². The van der Waals surface area contributed by atoms with Gasteiger partial charge in [0.25, 0.3) is 0 Å². The maximum Gasteiger partial charge on any atom is 0.160 e. The SMILES string of the molecule is CCNC1CCCc2nc(-c3ccc(Cl)cc3Cl)ncc21. The molecule has 3 rings (SSSR count). The molecule has 0 radical (unpaired) electrons. The number of benzene rings is 1. The van der Waals surface area contributed by atoms with Crippen LogP contribution in [0.2, 0.25) is 10.0 Å². The lowest BCUT2D eigenvalue weighted by Gasteiger charge is -2.25. The minimum atomic E-state index is 0.369. The third-order valence-corrected chi connectivity index (χ3v) is 4.35. The van der Waals surface area contributed by atoms with Gasteiger partial charge in [-0.2, -0.15) is 0 Å². The number of aryl methyl sites for hydroxylation is 1. The van der Waals surface area contributed by atoms with Crippen LogP contribution in [0.25, 0.3) is 11.4 Å². The summed E-state index contributed by atoms with van der Waals surface area (Å²) in [5, 5.41) is 4.70. The number of hydrogen-bond donors (Lipinski definition) is 1. The van der Waals surface area contributed by atoms with Gasteiger partial charge in [-0.25, -0.2) is 9.97 Å². The van der Waals surface area contributed by atoms with Crippen molar-refractivity contribution in [2.24, 2.45) is 0 Å². The topological polar surface area (TPSA) is 37.8 Å². The minimum Gasteiger partial charge on any atom is -0.310 e. The molecular weight excluding hydrogens is 305 g/mol. The summed E-state index contributed by atoms with van der Waals surface area (Å²) in [5.41, 5.74) is 3.18. The summed E-state index contributed by atoms with van der Waals surface area (Å²) in [7, 11) is 0. The van der Waals surface area contributed by atoms with Gasteiger partial charge in [0, 0.05) is 34.1 Å². The maximum atomic E-state index is 6.25. The zero-order valence-corrected chi connectivity index (χ0v) is 13.4. The molecule has 0 bridgehead atoms. The summed E-state index contributed by atoms with van der Waals surface area (Å²) >= 11 is 12.2. The van der Waals surface area contributed by atoms with Crippen LogP contribution in [0, 0.1) is 0 Å². The molecular formula is C16H17Cl2N3. The Morgan fingerprint density at radius 1 is 1.33 bits per heavy atom. The first kappa shape index (κ1) is 14.8. The summed E-state index contributed by atoms with van der Waals surface area (Å²) in [6, 6.07) is 5.78. The summed E-state index contributed by atoms with van der Waals surface area (Å²) in [5.74, 6) is 0.674. The van der Waals surface area contributed by atoms with Gasteiger partial charge in [0.15, 0.2) is 5.82 Å². The fourth-order valence-electron chi connectivity index (χ4n) is 2.81. The van der Waals surface area contributed by atoms with Crippen molar-refractivity contribution in [3.8, 4) is 11.4 Å². The first-order valence-electron chi connectivity index (χ1n) is 7.23. The average molecular weight is 322 g/mol. The molecule has 0 aliphatic heterocycles. The largest absolute Gasteiger partial charge is 0.310 e. The Labute approximate surface area is 134 Å². The van der Waals surface area contributed by atoms with Crippen LogP contribution in [0.3, 0.4) is 0 Å². The Morgan fingerprint density at radius 3 is 2.95 bits per heavy atom. The van der Waals surface area contributed by atoms with Crippen LogP contribution in [0.15, 0.2) is 24.4 Å². The molecule has 1 aliphatic rings. The smallest absolute Gasteiger partial charge is 0.160 e. The van der Waals surface area contributed by atoms with Gasteiger partial charge in [-0.3, -0.25) is 0 Å². The predicted molar refractivity (Wildman–Crippen MR) is 86.8 cm³/mol. The quantitative estimate of drug-likeness (QED) is 0.908. The lowest BCUT2D eigenvalue weighted by Crippen LogP contribution is -2.25. The minimum absolute atomic E-state index is 0.369. The Morgan fingerprint density at radius 2 is 2.19 bits per heavy atom. The molecule has 0 saturated carbocycles. The van der Waals surface area contributed by atoms with E-state index in [1.54, 1.807) is 6.07 Å². The monoisotopic (exact) mass is 321 g/mol. The van der Waals surface area contributed by atoms with Crippen LogP contribution in [0.4, 0.5) is 0 Å². The molecule has 110 valence electrons. The van der Waals surface area contributed by atoms with E-state index < -0.39 is 0 Å². The normalized spacial score (nSPS) is 17.6. The third-order valence-electron chi connectivity index (χ3n) is 3.80. The van der Waals surface area contributed by atoms with Crippen molar-refractivity contribution >= 4 is 23.2 Å². The van der Waals surface area contributed by atoms with Crippen molar-refractivity contribution in [2.45, 2.75) is 32.2 Å². The number of aromatic nitrogens is 2. The molecule has 0 amide bonds. The van der Waals surface area contributed by atoms with Crippen molar-refractivity contribution < 1.29 is 0 Å². The highest BCUT2D eigenvalue weighted by atomic mass is 35.5. The fourth-order valence-corrected chi connectivity index (χ4v) is 3.30. The van der Waals surface area contributed by atoms with E-state index in [4.69, 9.17) is 28.2 Å². The van der Waals surface area contributed by atoms with Gasteiger partial charge >= 0.3 is 0 Å². The number of halogens is 2. The molecule has 1 unspecified atom stereocenters. The summed E-state index contributed by atoms with van der Waals surface area (Å²) in [6.07, 6.45) is 5.23. The van der Waals surface area contributed by atoms with Crippen molar-refractivity contribution in [2.75, 3.05) is 6.54 Å². The third kappa shape index (κ3) is 3.05. The maximum absolute atomic E-state index is 6.25. The van der Waals surface area contributed by atoms with Crippen molar-refractivity contribution in [3.05, 3.63) is 45.7 Å². The van der Waals surface area contributed by atoms with Gasteiger partial charge in [0.2, 0.25) is 0 Å². The summed E-state index contributed by atoms with van der Waals surface area (Å²) < 4.78 is 0. The lowest BCUT2D eigenvalue weighted by atomic mass is 9.92. The van der Waals surface area contributed by atoms with Crippen LogP contribution >= 0.6 is 23.2 Å². The van der Waals surface area contributed by atoms with Crippen LogP contribution in [-0.4, -0.2) is 16.5 Å². The standard InChI is InChI=1S/C16H17Cl2N3/c1-2-19-14-4-3-5-15-12(14)9-20-16(21-15)11-7-6-10(17)8-13(11)18/h6-9,14,19H,2-5H2,1H3. The van der Waals surface area contributed by atoms with Gasteiger partial charge in [-0.15, -0.1) is 0 Å². The van der Waals surface area contributed by atoms with Crippen molar-refractivity contribution in [1.82, 2.24) is 15.3 Å². The number of nitrogens with one attached hydrogen (secondary N) is 1. The Balaban J connectivity index is 1.99. The first-order valence-corrected chi connectivity index (χ1v) is 7.99. The van der Waals surface area contributed by atoms with Gasteiger partial charge in [-0.1, -0.05) is 30.1 Å². The molecule has 1 aliphatic carbocycles. The average Bonchev–Trinajstić information content (AvgIpc) is 2.47. The van der Waals surface area contributed by atoms with Crippen LogP contribution in [0.5, 0.6) is 0 Å². The number of rotatable bonds is 3. The highest BCUT2D eigenvalue weighted by Crippen LogP contribution is 2.32. The Hall–Kier alpha value is -1.16. The zero-order valence-electron chi connectivity index (χ0n) is 11.9. The molecule has 1 aromatic carbocycles. The number of nitrogens with zero attached hydrogens (tertiary/aromatic N) is 2. The fraction of sp³-hybridized carbons (Fsp3) is 0.375. The Kier molecular flexibility index (Phi) is 4.43. The molecule has 0 saturated heterocycles. The van der Waals surface area contributed by atoms with Gasteiger partial charge in [-0.05, 0) is 44.0 Å². The summed E-state index contributed by atoms with van der Waals surface area (Å²) in [6.45, 7) is 3.08. The van der Waals surface area contributed by atoms with Gasteiger partial charge in [0.1, 0.15) is 0 Å². The van der Waals surface area contributed by atoms with Crippen molar-refractivity contribution in [1.29, 1.82) is 0 Å². The Bertz CT molecular complexity index is 658. The van der Waals surface area contributed by atoms with Crippen LogP contribution < -0.4 is 5.32 Å². The second-order valence-corrected chi connectivity index (χ2v) is 6.07. The molecule has 0 fully saturated rings. The van der Waals surface area contributed by atoms with Crippen LogP contribution in [-0.2, 0) is 6.42 Å². The van der Waals surface area contributed by atoms with E-state index in [1.165, 1.54) is 5.56 Å². The van der Waals surface area contributed by atoms with E-state index in [9.17, 15) is 0 Å². The molecule has 21 heavy (non-hydrogen) atoms. The molecule has 3 nitrogen and oxygen atoms in total. The molecule has 2 aromatic rings. The van der Waals surface area contributed by atoms with E-state index in [-0.39, 0.29) is 0 Å². The van der Waals surface area contributed by atoms with Crippen LogP contribution in [0.1, 0.15) is 37.1 Å². The first-order chi connectivity index (χ1) is 10.2. The second-order valence-electron chi connectivity index (χ2n) is 5.22. The second kappa shape index (κ2) is 6.30. The molecule has 1 atom stereocenters. The molecule has 1 N–H and O–H groups in total. The van der Waals surface area contributed by atoms with E-state index in [2.05, 4.69) is 17.2 Å².